The average Bonchev–Trinajstić information content (AvgIpc) is 2.26. The number of ether oxygens (including phenoxy) is 1. The molecule has 2 aliphatic rings. The highest BCUT2D eigenvalue weighted by Crippen LogP contribution is 2.39. The zero-order valence-corrected chi connectivity index (χ0v) is 8.39. The summed E-state index contributed by atoms with van der Waals surface area (Å²) in [5.74, 6) is 0. The van der Waals surface area contributed by atoms with Crippen LogP contribution in [0, 0.1) is 5.41 Å². The van der Waals surface area contributed by atoms with Gasteiger partial charge in [0.1, 0.15) is 0 Å². The van der Waals surface area contributed by atoms with Crippen LogP contribution in [0.15, 0.2) is 0 Å². The Balaban J connectivity index is 1.98. The van der Waals surface area contributed by atoms with Gasteiger partial charge in [-0.15, -0.1) is 0 Å². The molecule has 2 aliphatic heterocycles. The van der Waals surface area contributed by atoms with E-state index in [0.29, 0.717) is 11.0 Å². The predicted molar refractivity (Wildman–Crippen MR) is 49.2 cm³/mol. The Morgan fingerprint density at radius 1 is 1.25 bits per heavy atom. The van der Waals surface area contributed by atoms with Crippen LogP contribution in [0.2, 0.25) is 0 Å². The Hall–Kier alpha value is -0.0800. The number of hydrogen-bond donors (Lipinski definition) is 0. The lowest BCUT2D eigenvalue weighted by atomic mass is 9.85. The van der Waals surface area contributed by atoms with E-state index in [9.17, 15) is 0 Å². The number of hydrogen-bond acceptors (Lipinski definition) is 2. The van der Waals surface area contributed by atoms with E-state index in [4.69, 9.17) is 4.74 Å². The van der Waals surface area contributed by atoms with Gasteiger partial charge in [0, 0.05) is 17.5 Å². The molecule has 0 aromatic carbocycles. The van der Waals surface area contributed by atoms with Gasteiger partial charge in [0.15, 0.2) is 0 Å². The van der Waals surface area contributed by atoms with Crippen LogP contribution in [-0.4, -0.2) is 36.7 Å². The second kappa shape index (κ2) is 2.46. The highest BCUT2D eigenvalue weighted by molar-refractivity contribution is 4.97. The Bertz CT molecular complexity index is 179. The summed E-state index contributed by atoms with van der Waals surface area (Å²) in [5, 5.41) is 0. The quantitative estimate of drug-likeness (QED) is 0.545. The first-order valence-corrected chi connectivity index (χ1v) is 4.85. The third kappa shape index (κ3) is 1.27. The molecule has 12 heavy (non-hydrogen) atoms. The van der Waals surface area contributed by atoms with Gasteiger partial charge in [0.05, 0.1) is 13.2 Å². The summed E-state index contributed by atoms with van der Waals surface area (Å²) in [4.78, 5) is 2.58. The predicted octanol–water partition coefficient (Wildman–Crippen LogP) is 1.51. The lowest BCUT2D eigenvalue weighted by Crippen LogP contribution is -2.47. The molecule has 0 saturated carbocycles. The van der Waals surface area contributed by atoms with E-state index in [1.54, 1.807) is 0 Å². The van der Waals surface area contributed by atoms with Crippen LogP contribution in [0.1, 0.15) is 27.2 Å². The maximum atomic E-state index is 5.29. The maximum absolute atomic E-state index is 5.29. The van der Waals surface area contributed by atoms with E-state index >= 15 is 0 Å². The van der Waals surface area contributed by atoms with Gasteiger partial charge in [-0.1, -0.05) is 0 Å². The highest BCUT2D eigenvalue weighted by Gasteiger charge is 2.46. The fourth-order valence-corrected chi connectivity index (χ4v) is 2.13. The molecule has 2 nitrogen and oxygen atoms in total. The molecule has 0 aliphatic carbocycles. The van der Waals surface area contributed by atoms with Crippen molar-refractivity contribution in [3.63, 3.8) is 0 Å². The Kier molecular flexibility index (Phi) is 1.74. The van der Waals surface area contributed by atoms with Crippen molar-refractivity contribution in [1.82, 2.24) is 4.90 Å². The molecular formula is C10H19NO. The van der Waals surface area contributed by atoms with Crippen molar-refractivity contribution in [2.24, 2.45) is 5.41 Å². The molecule has 2 rings (SSSR count). The van der Waals surface area contributed by atoms with Crippen molar-refractivity contribution in [2.45, 2.75) is 32.7 Å². The molecule has 0 unspecified atom stereocenters. The van der Waals surface area contributed by atoms with Gasteiger partial charge in [-0.2, -0.15) is 0 Å². The smallest absolute Gasteiger partial charge is 0.0557 e. The molecule has 2 heteroatoms. The summed E-state index contributed by atoms with van der Waals surface area (Å²) < 4.78 is 5.29. The molecule has 0 radical (unpaired) electrons. The molecule has 2 heterocycles. The van der Waals surface area contributed by atoms with Crippen LogP contribution in [0.25, 0.3) is 0 Å². The van der Waals surface area contributed by atoms with Crippen LogP contribution in [-0.2, 0) is 4.74 Å². The Morgan fingerprint density at radius 2 is 1.92 bits per heavy atom. The summed E-state index contributed by atoms with van der Waals surface area (Å²) in [6.07, 6.45) is 1.34. The van der Waals surface area contributed by atoms with Crippen molar-refractivity contribution in [2.75, 3.05) is 26.3 Å². The van der Waals surface area contributed by atoms with E-state index in [1.165, 1.54) is 19.5 Å². The summed E-state index contributed by atoms with van der Waals surface area (Å²) in [5.41, 5.74) is 0.895. The van der Waals surface area contributed by atoms with E-state index < -0.39 is 0 Å². The van der Waals surface area contributed by atoms with Gasteiger partial charge < -0.3 is 4.74 Å². The third-order valence-electron chi connectivity index (χ3n) is 3.20. The first-order valence-electron chi connectivity index (χ1n) is 4.85. The van der Waals surface area contributed by atoms with Crippen molar-refractivity contribution in [3.05, 3.63) is 0 Å². The number of nitrogens with zero attached hydrogens (tertiary/aromatic N) is 1. The number of likely N-dealkylation sites (tertiary alicyclic amines) is 1. The van der Waals surface area contributed by atoms with Crippen LogP contribution >= 0.6 is 0 Å². The molecule has 0 aromatic heterocycles. The average molecular weight is 169 g/mol. The highest BCUT2D eigenvalue weighted by atomic mass is 16.5. The summed E-state index contributed by atoms with van der Waals surface area (Å²) in [6.45, 7) is 11.4. The molecule has 70 valence electrons. The molecular weight excluding hydrogens is 150 g/mol. The van der Waals surface area contributed by atoms with Gasteiger partial charge in [-0.3, -0.25) is 4.90 Å². The first-order chi connectivity index (χ1) is 5.52. The van der Waals surface area contributed by atoms with E-state index in [0.717, 1.165) is 13.2 Å². The first kappa shape index (κ1) is 8.52. The normalized spacial score (nSPS) is 29.2. The minimum Gasteiger partial charge on any atom is -0.380 e. The van der Waals surface area contributed by atoms with Crippen molar-refractivity contribution in [3.8, 4) is 0 Å². The van der Waals surface area contributed by atoms with E-state index in [1.807, 2.05) is 0 Å². The lowest BCUT2D eigenvalue weighted by molar-refractivity contribution is -0.107. The van der Waals surface area contributed by atoms with Crippen molar-refractivity contribution < 1.29 is 4.74 Å². The molecule has 0 atom stereocenters. The third-order valence-corrected chi connectivity index (χ3v) is 3.20. The fourth-order valence-electron chi connectivity index (χ4n) is 2.13. The second-order valence-corrected chi connectivity index (χ2v) is 5.34. The topological polar surface area (TPSA) is 12.5 Å². The molecule has 0 bridgehead atoms. The van der Waals surface area contributed by atoms with Gasteiger partial charge in [0.2, 0.25) is 0 Å². The molecule has 0 aromatic rings. The Labute approximate surface area is 74.9 Å². The minimum absolute atomic E-state index is 0.346. The second-order valence-electron chi connectivity index (χ2n) is 5.34. The fraction of sp³-hybridized carbons (Fsp3) is 1.00. The lowest BCUT2D eigenvalue weighted by Gasteiger charge is -2.40. The molecule has 2 fully saturated rings. The largest absolute Gasteiger partial charge is 0.380 e. The van der Waals surface area contributed by atoms with Gasteiger partial charge >= 0.3 is 0 Å². The van der Waals surface area contributed by atoms with Crippen LogP contribution in [0.5, 0.6) is 0 Å². The monoisotopic (exact) mass is 169 g/mol. The zero-order valence-electron chi connectivity index (χ0n) is 8.39. The van der Waals surface area contributed by atoms with Crippen molar-refractivity contribution in [1.29, 1.82) is 0 Å². The molecule has 0 N–H and O–H groups in total. The summed E-state index contributed by atoms with van der Waals surface area (Å²) >= 11 is 0. The SMILES string of the molecule is CC(C)(C)N1CCC2(COC2)C1. The summed E-state index contributed by atoms with van der Waals surface area (Å²) in [6, 6.07) is 0. The minimum atomic E-state index is 0.346. The van der Waals surface area contributed by atoms with Crippen LogP contribution < -0.4 is 0 Å². The van der Waals surface area contributed by atoms with Gasteiger partial charge in [-0.25, -0.2) is 0 Å². The van der Waals surface area contributed by atoms with Crippen LogP contribution in [0.4, 0.5) is 0 Å². The Morgan fingerprint density at radius 3 is 2.17 bits per heavy atom. The summed E-state index contributed by atoms with van der Waals surface area (Å²) in [7, 11) is 0. The standard InChI is InChI=1S/C10H19NO/c1-9(2,3)11-5-4-10(6-11)7-12-8-10/h4-8H2,1-3H3. The van der Waals surface area contributed by atoms with Crippen LogP contribution in [0.3, 0.4) is 0 Å². The van der Waals surface area contributed by atoms with Gasteiger partial charge in [0.25, 0.3) is 0 Å². The zero-order chi connectivity index (χ0) is 8.82. The van der Waals surface area contributed by atoms with Gasteiger partial charge in [-0.05, 0) is 33.7 Å². The molecule has 1 spiro atoms. The van der Waals surface area contributed by atoms with E-state index in [-0.39, 0.29) is 0 Å². The molecule has 2 saturated heterocycles. The maximum Gasteiger partial charge on any atom is 0.0557 e. The number of rotatable bonds is 0. The van der Waals surface area contributed by atoms with E-state index in [2.05, 4.69) is 25.7 Å². The molecule has 0 amide bonds. The van der Waals surface area contributed by atoms with Crippen molar-refractivity contribution >= 4 is 0 Å².